The molecule has 0 saturated carbocycles. The van der Waals surface area contributed by atoms with Crippen LogP contribution in [0.2, 0.25) is 4.34 Å². The predicted octanol–water partition coefficient (Wildman–Crippen LogP) is 5.23. The van der Waals surface area contributed by atoms with Crippen LogP contribution in [0.1, 0.15) is 64.0 Å². The summed E-state index contributed by atoms with van der Waals surface area (Å²) < 4.78 is 0.503. The molecule has 1 unspecified atom stereocenters. The van der Waals surface area contributed by atoms with Crippen molar-refractivity contribution in [3.05, 3.63) is 80.8 Å². The van der Waals surface area contributed by atoms with E-state index in [2.05, 4.69) is 15.6 Å². The van der Waals surface area contributed by atoms with E-state index in [-0.39, 0.29) is 23.8 Å². The van der Waals surface area contributed by atoms with E-state index < -0.39 is 5.54 Å². The first-order valence-corrected chi connectivity index (χ1v) is 12.6. The van der Waals surface area contributed by atoms with Gasteiger partial charge in [0.15, 0.2) is 0 Å². The van der Waals surface area contributed by atoms with E-state index >= 15 is 0 Å². The Labute approximate surface area is 213 Å². The fraction of sp³-hybridized carbons (Fsp3) is 0.308. The Kier molecular flexibility index (Phi) is 7.23. The topological polar surface area (TPSA) is 91.4 Å². The molecule has 0 radical (unpaired) electrons. The fourth-order valence-electron chi connectivity index (χ4n) is 4.15. The van der Waals surface area contributed by atoms with Gasteiger partial charge in [0.25, 0.3) is 11.8 Å². The van der Waals surface area contributed by atoms with Crippen LogP contribution >= 0.6 is 22.9 Å². The fourth-order valence-corrected chi connectivity index (χ4v) is 5.09. The SMILES string of the molecule is Cc1cc(NC(=O)C(C)(C)NC(=O)c2ccc(Cl)s2)ccc1C(=O)N1CCCC1c1ccccn1. The maximum absolute atomic E-state index is 13.4. The number of pyridine rings is 1. The van der Waals surface area contributed by atoms with Crippen molar-refractivity contribution in [2.45, 2.75) is 45.2 Å². The molecule has 0 bridgehead atoms. The summed E-state index contributed by atoms with van der Waals surface area (Å²) in [6.07, 6.45) is 3.56. The number of nitrogens with one attached hydrogen (secondary N) is 2. The van der Waals surface area contributed by atoms with Gasteiger partial charge in [-0.05, 0) is 81.6 Å². The second kappa shape index (κ2) is 10.2. The van der Waals surface area contributed by atoms with Crippen molar-refractivity contribution >= 4 is 46.3 Å². The average molecular weight is 511 g/mol. The number of nitrogens with zero attached hydrogens (tertiary/aromatic N) is 2. The molecule has 3 aromatic rings. The predicted molar refractivity (Wildman–Crippen MR) is 138 cm³/mol. The molecule has 9 heteroatoms. The van der Waals surface area contributed by atoms with Crippen LogP contribution in [0.25, 0.3) is 0 Å². The standard InChI is InChI=1S/C26H27ClN4O3S/c1-16-15-17(29-25(34)26(2,3)30-23(32)21-11-12-22(27)35-21)9-10-18(16)24(33)31-14-6-8-20(31)19-7-4-5-13-28-19/h4-5,7,9-13,15,20H,6,8,14H2,1-3H3,(H,29,34)(H,30,32). The van der Waals surface area contributed by atoms with Gasteiger partial charge in [-0.15, -0.1) is 11.3 Å². The van der Waals surface area contributed by atoms with Crippen molar-refractivity contribution in [3.8, 4) is 0 Å². The zero-order chi connectivity index (χ0) is 25.2. The lowest BCUT2D eigenvalue weighted by Gasteiger charge is -2.26. The zero-order valence-corrected chi connectivity index (χ0v) is 21.4. The zero-order valence-electron chi connectivity index (χ0n) is 19.8. The largest absolute Gasteiger partial charge is 0.337 e. The van der Waals surface area contributed by atoms with Crippen molar-refractivity contribution in [2.75, 3.05) is 11.9 Å². The van der Waals surface area contributed by atoms with Gasteiger partial charge in [0.05, 0.1) is 20.9 Å². The number of carbonyl (C=O) groups is 3. The minimum absolute atomic E-state index is 0.0369. The van der Waals surface area contributed by atoms with Crippen LogP contribution in [0.3, 0.4) is 0 Å². The molecule has 0 aliphatic carbocycles. The number of rotatable bonds is 6. The smallest absolute Gasteiger partial charge is 0.262 e. The molecule has 1 aliphatic rings. The van der Waals surface area contributed by atoms with Crippen LogP contribution in [-0.2, 0) is 4.79 Å². The molecule has 2 N–H and O–H groups in total. The molecule has 0 spiro atoms. The highest BCUT2D eigenvalue weighted by atomic mass is 35.5. The number of carbonyl (C=O) groups excluding carboxylic acids is 3. The third-order valence-corrected chi connectivity index (χ3v) is 7.28. The maximum Gasteiger partial charge on any atom is 0.262 e. The van der Waals surface area contributed by atoms with Crippen LogP contribution < -0.4 is 10.6 Å². The molecule has 7 nitrogen and oxygen atoms in total. The molecule has 1 saturated heterocycles. The van der Waals surface area contributed by atoms with Crippen molar-refractivity contribution in [1.82, 2.24) is 15.2 Å². The quantitative estimate of drug-likeness (QED) is 0.475. The highest BCUT2D eigenvalue weighted by molar-refractivity contribution is 7.18. The summed E-state index contributed by atoms with van der Waals surface area (Å²) in [5.74, 6) is -0.787. The molecule has 1 aromatic carbocycles. The molecule has 182 valence electrons. The normalized spacial score (nSPS) is 15.7. The number of hydrogen-bond acceptors (Lipinski definition) is 5. The Morgan fingerprint density at radius 1 is 1.14 bits per heavy atom. The lowest BCUT2D eigenvalue weighted by atomic mass is 10.0. The summed E-state index contributed by atoms with van der Waals surface area (Å²) in [6, 6.07) is 14.2. The lowest BCUT2D eigenvalue weighted by molar-refractivity contribution is -0.120. The molecule has 1 atom stereocenters. The maximum atomic E-state index is 13.4. The minimum Gasteiger partial charge on any atom is -0.337 e. The number of amides is 3. The summed E-state index contributed by atoms with van der Waals surface area (Å²) >= 11 is 7.05. The van der Waals surface area contributed by atoms with Gasteiger partial charge >= 0.3 is 0 Å². The number of benzene rings is 1. The number of thiophene rings is 1. The van der Waals surface area contributed by atoms with E-state index in [1.54, 1.807) is 50.4 Å². The van der Waals surface area contributed by atoms with Crippen molar-refractivity contribution in [1.29, 1.82) is 0 Å². The summed E-state index contributed by atoms with van der Waals surface area (Å²) in [6.45, 7) is 5.79. The van der Waals surface area contributed by atoms with E-state index in [9.17, 15) is 14.4 Å². The Balaban J connectivity index is 1.44. The van der Waals surface area contributed by atoms with E-state index in [1.807, 2.05) is 30.0 Å². The van der Waals surface area contributed by atoms with Gasteiger partial charge in [-0.3, -0.25) is 19.4 Å². The summed E-state index contributed by atoms with van der Waals surface area (Å²) in [5, 5.41) is 5.59. The van der Waals surface area contributed by atoms with Gasteiger partial charge in [-0.2, -0.15) is 0 Å². The second-order valence-electron chi connectivity index (χ2n) is 9.08. The first-order chi connectivity index (χ1) is 16.7. The number of halogens is 1. The number of likely N-dealkylation sites (tertiary alicyclic amines) is 1. The molecule has 3 heterocycles. The summed E-state index contributed by atoms with van der Waals surface area (Å²) in [7, 11) is 0. The third kappa shape index (κ3) is 5.55. The van der Waals surface area contributed by atoms with Crippen molar-refractivity contribution in [2.24, 2.45) is 0 Å². The highest BCUT2D eigenvalue weighted by Crippen LogP contribution is 2.32. The first kappa shape index (κ1) is 24.9. The monoisotopic (exact) mass is 510 g/mol. The highest BCUT2D eigenvalue weighted by Gasteiger charge is 2.33. The number of hydrogen-bond donors (Lipinski definition) is 2. The number of anilines is 1. The van der Waals surface area contributed by atoms with Crippen molar-refractivity contribution in [3.63, 3.8) is 0 Å². The van der Waals surface area contributed by atoms with Gasteiger partial charge in [-0.25, -0.2) is 0 Å². The van der Waals surface area contributed by atoms with E-state index in [0.29, 0.717) is 27.0 Å². The molecule has 1 fully saturated rings. The number of aromatic nitrogens is 1. The average Bonchev–Trinajstić information content (AvgIpc) is 3.48. The molecule has 2 aromatic heterocycles. The van der Waals surface area contributed by atoms with Crippen LogP contribution in [0.4, 0.5) is 5.69 Å². The van der Waals surface area contributed by atoms with Gasteiger partial charge in [0.1, 0.15) is 5.54 Å². The molecule has 3 amide bonds. The van der Waals surface area contributed by atoms with Crippen LogP contribution in [-0.4, -0.2) is 39.7 Å². The van der Waals surface area contributed by atoms with Gasteiger partial charge in [0, 0.05) is 24.0 Å². The van der Waals surface area contributed by atoms with E-state index in [4.69, 9.17) is 11.6 Å². The molecule has 4 rings (SSSR count). The Morgan fingerprint density at radius 2 is 1.94 bits per heavy atom. The molecule has 1 aliphatic heterocycles. The first-order valence-electron chi connectivity index (χ1n) is 11.4. The van der Waals surface area contributed by atoms with Crippen LogP contribution in [0, 0.1) is 6.92 Å². The molecule has 35 heavy (non-hydrogen) atoms. The Hall–Kier alpha value is -3.23. The summed E-state index contributed by atoms with van der Waals surface area (Å²) in [5.41, 5.74) is 1.63. The van der Waals surface area contributed by atoms with Crippen LogP contribution in [0.5, 0.6) is 0 Å². The number of aryl methyl sites for hydroxylation is 1. The summed E-state index contributed by atoms with van der Waals surface area (Å²) in [4.78, 5) is 45.5. The van der Waals surface area contributed by atoms with Crippen molar-refractivity contribution < 1.29 is 14.4 Å². The molecular weight excluding hydrogens is 484 g/mol. The van der Waals surface area contributed by atoms with Crippen LogP contribution in [0.15, 0.2) is 54.7 Å². The lowest BCUT2D eigenvalue weighted by Crippen LogP contribution is -2.52. The van der Waals surface area contributed by atoms with Gasteiger partial charge in [-0.1, -0.05) is 17.7 Å². The Bertz CT molecular complexity index is 1260. The van der Waals surface area contributed by atoms with Gasteiger partial charge in [0.2, 0.25) is 5.91 Å². The van der Waals surface area contributed by atoms with E-state index in [1.165, 1.54) is 0 Å². The van der Waals surface area contributed by atoms with E-state index in [0.717, 1.165) is 35.4 Å². The third-order valence-electron chi connectivity index (χ3n) is 6.05. The minimum atomic E-state index is -1.17. The molecular formula is C26H27ClN4O3S. The van der Waals surface area contributed by atoms with Gasteiger partial charge < -0.3 is 15.5 Å². The second-order valence-corrected chi connectivity index (χ2v) is 10.8. The Morgan fingerprint density at radius 3 is 2.60 bits per heavy atom.